The molecule has 0 radical (unpaired) electrons. The minimum atomic E-state index is -2.33. The topological polar surface area (TPSA) is 34.1 Å². The van der Waals surface area contributed by atoms with Crippen molar-refractivity contribution >= 4 is 18.3 Å². The first-order chi connectivity index (χ1) is 6.05. The number of hydrogen-bond donors (Lipinski definition) is 0. The van der Waals surface area contributed by atoms with Crippen LogP contribution < -0.4 is 0 Å². The number of carbonyl (C=O) groups excluding carboxylic acids is 2. The molecule has 1 aliphatic rings. The molecule has 0 bridgehead atoms. The Morgan fingerprint density at radius 3 is 1.69 bits per heavy atom. The zero-order valence-corrected chi connectivity index (χ0v) is 8.63. The third-order valence-electron chi connectivity index (χ3n) is 2.55. The second-order valence-corrected chi connectivity index (χ2v) is 7.99. The summed E-state index contributed by atoms with van der Waals surface area (Å²) in [6.07, 6.45) is 0. The van der Waals surface area contributed by atoms with Crippen molar-refractivity contribution in [2.75, 3.05) is 13.3 Å². The fraction of sp³-hybridized carbons (Fsp3) is 0.200. The summed E-state index contributed by atoms with van der Waals surface area (Å²) in [6.45, 7) is 3.63. The maximum atomic E-state index is 11.8. The van der Waals surface area contributed by atoms with Gasteiger partial charge in [0.2, 0.25) is 0 Å². The van der Waals surface area contributed by atoms with Gasteiger partial charge in [0.05, 0.1) is 0 Å². The summed E-state index contributed by atoms with van der Waals surface area (Å²) in [5, 5.41) is 0. The van der Waals surface area contributed by atoms with E-state index in [2.05, 4.69) is 0 Å². The van der Waals surface area contributed by atoms with Crippen molar-refractivity contribution in [3.05, 3.63) is 35.4 Å². The van der Waals surface area contributed by atoms with Crippen LogP contribution in [0, 0.1) is 0 Å². The number of rotatable bonds is 0. The van der Waals surface area contributed by atoms with Crippen molar-refractivity contribution in [2.24, 2.45) is 0 Å². The monoisotopic (exact) mass is 194 g/mol. The Morgan fingerprint density at radius 1 is 0.923 bits per heavy atom. The second-order valence-electron chi connectivity index (χ2n) is 3.83. The molecule has 2 nitrogen and oxygen atoms in total. The molecule has 0 fully saturated rings. The van der Waals surface area contributed by atoms with Gasteiger partial charge in [-0.25, -0.2) is 0 Å². The fourth-order valence-electron chi connectivity index (χ4n) is 1.66. The standard InChI is InChI=1S/C10H11O2P/c1-13(2)9(11)7-5-3-4-6-8(7)10(13)12/h3-6,13H,1-2H3. The number of benzene rings is 1. The quantitative estimate of drug-likeness (QED) is 0.592. The molecule has 1 aromatic rings. The molecular formula is C10H11O2P. The summed E-state index contributed by atoms with van der Waals surface area (Å²) in [5.74, 6) is 0. The SMILES string of the molecule is C[PH]1(C)C(=O)c2ccccc2C1=O. The summed E-state index contributed by atoms with van der Waals surface area (Å²) < 4.78 is 0. The van der Waals surface area contributed by atoms with E-state index in [4.69, 9.17) is 0 Å². The average Bonchev–Trinajstić information content (AvgIpc) is 2.30. The van der Waals surface area contributed by atoms with Crippen LogP contribution in [0.1, 0.15) is 20.7 Å². The van der Waals surface area contributed by atoms with Gasteiger partial charge in [-0.15, -0.1) is 0 Å². The normalized spacial score (nSPS) is 21.4. The van der Waals surface area contributed by atoms with Crippen molar-refractivity contribution in [3.8, 4) is 0 Å². The minimum absolute atomic E-state index is 0.0769. The Kier molecular flexibility index (Phi) is 1.64. The van der Waals surface area contributed by atoms with Gasteiger partial charge in [-0.05, 0) is 0 Å². The van der Waals surface area contributed by atoms with Gasteiger partial charge in [0.15, 0.2) is 0 Å². The van der Waals surface area contributed by atoms with Gasteiger partial charge in [-0.1, -0.05) is 0 Å². The summed E-state index contributed by atoms with van der Waals surface area (Å²) in [5.41, 5.74) is 1.41. The molecule has 1 heterocycles. The van der Waals surface area contributed by atoms with Crippen LogP contribution in [0.15, 0.2) is 24.3 Å². The Hall–Kier alpha value is -1.01. The van der Waals surface area contributed by atoms with Crippen LogP contribution in [-0.2, 0) is 0 Å². The first-order valence-electron chi connectivity index (χ1n) is 4.24. The molecule has 2 rings (SSSR count). The molecule has 13 heavy (non-hydrogen) atoms. The van der Waals surface area contributed by atoms with Crippen molar-refractivity contribution < 1.29 is 9.59 Å². The van der Waals surface area contributed by atoms with Gasteiger partial charge in [-0.2, -0.15) is 0 Å². The van der Waals surface area contributed by atoms with Crippen LogP contribution in [0.3, 0.4) is 0 Å². The number of hydrogen-bond acceptors (Lipinski definition) is 2. The zero-order chi connectivity index (χ0) is 9.64. The first kappa shape index (κ1) is 8.58. The maximum absolute atomic E-state index is 11.8. The predicted molar refractivity (Wildman–Crippen MR) is 55.3 cm³/mol. The van der Waals surface area contributed by atoms with E-state index in [0.29, 0.717) is 11.1 Å². The van der Waals surface area contributed by atoms with Gasteiger partial charge in [0.25, 0.3) is 0 Å². The predicted octanol–water partition coefficient (Wildman–Crippen LogP) is 1.99. The number of carbonyl (C=O) groups is 2. The average molecular weight is 194 g/mol. The van der Waals surface area contributed by atoms with E-state index in [1.54, 1.807) is 24.3 Å². The van der Waals surface area contributed by atoms with Crippen LogP contribution in [0.25, 0.3) is 0 Å². The molecule has 1 aliphatic heterocycles. The van der Waals surface area contributed by atoms with E-state index < -0.39 is 7.26 Å². The van der Waals surface area contributed by atoms with Gasteiger partial charge < -0.3 is 0 Å². The molecule has 0 atom stereocenters. The Balaban J connectivity index is 2.71. The molecular weight excluding hydrogens is 183 g/mol. The fourth-order valence-corrected chi connectivity index (χ4v) is 3.64. The molecule has 0 amide bonds. The molecule has 0 aliphatic carbocycles. The van der Waals surface area contributed by atoms with Crippen LogP contribution in [-0.4, -0.2) is 24.4 Å². The van der Waals surface area contributed by atoms with E-state index in [-0.39, 0.29) is 11.0 Å². The Labute approximate surface area is 77.3 Å². The van der Waals surface area contributed by atoms with Crippen LogP contribution >= 0.6 is 7.26 Å². The van der Waals surface area contributed by atoms with E-state index in [1.807, 2.05) is 13.3 Å². The molecule has 0 spiro atoms. The number of fused-ring (bicyclic) bond motifs is 1. The Morgan fingerprint density at radius 2 is 1.31 bits per heavy atom. The molecule has 0 unspecified atom stereocenters. The van der Waals surface area contributed by atoms with Crippen molar-refractivity contribution in [1.29, 1.82) is 0 Å². The van der Waals surface area contributed by atoms with Crippen molar-refractivity contribution in [3.63, 3.8) is 0 Å². The Bertz CT molecular complexity index is 370. The van der Waals surface area contributed by atoms with Gasteiger partial charge in [0, 0.05) is 0 Å². The van der Waals surface area contributed by atoms with Crippen LogP contribution in [0.2, 0.25) is 0 Å². The molecule has 0 saturated heterocycles. The van der Waals surface area contributed by atoms with Gasteiger partial charge in [0.1, 0.15) is 0 Å². The summed E-state index contributed by atoms with van der Waals surface area (Å²) in [7, 11) is -2.33. The molecule has 0 saturated carbocycles. The van der Waals surface area contributed by atoms with Crippen molar-refractivity contribution in [2.45, 2.75) is 0 Å². The summed E-state index contributed by atoms with van der Waals surface area (Å²) in [6, 6.07) is 7.11. The van der Waals surface area contributed by atoms with E-state index in [9.17, 15) is 9.59 Å². The van der Waals surface area contributed by atoms with Crippen molar-refractivity contribution in [1.82, 2.24) is 0 Å². The van der Waals surface area contributed by atoms with Crippen LogP contribution in [0.5, 0.6) is 0 Å². The van der Waals surface area contributed by atoms with Crippen LogP contribution in [0.4, 0.5) is 0 Å². The molecule has 1 aromatic carbocycles. The summed E-state index contributed by atoms with van der Waals surface area (Å²) in [4.78, 5) is 23.5. The van der Waals surface area contributed by atoms with E-state index in [0.717, 1.165) is 0 Å². The second kappa shape index (κ2) is 2.49. The summed E-state index contributed by atoms with van der Waals surface area (Å²) >= 11 is 0. The van der Waals surface area contributed by atoms with E-state index >= 15 is 0 Å². The molecule has 3 heteroatoms. The molecule has 0 N–H and O–H groups in total. The van der Waals surface area contributed by atoms with Gasteiger partial charge in [-0.3, -0.25) is 0 Å². The molecule has 68 valence electrons. The third kappa shape index (κ3) is 0.988. The molecule has 0 aromatic heterocycles. The van der Waals surface area contributed by atoms with E-state index in [1.165, 1.54) is 0 Å². The van der Waals surface area contributed by atoms with Gasteiger partial charge >= 0.3 is 76.6 Å². The third-order valence-corrected chi connectivity index (χ3v) is 5.36. The zero-order valence-electron chi connectivity index (χ0n) is 7.63. The first-order valence-corrected chi connectivity index (χ1v) is 7.24.